The number of hydrogen-bond donors (Lipinski definition) is 0. The molecule has 0 saturated heterocycles. The summed E-state index contributed by atoms with van der Waals surface area (Å²) >= 11 is 0. The Kier molecular flexibility index (Phi) is 8.95. The van der Waals surface area contributed by atoms with Crippen LogP contribution in [0.3, 0.4) is 0 Å². The maximum Gasteiger partial charge on any atom is 0.0467 e. The van der Waals surface area contributed by atoms with Crippen molar-refractivity contribution in [2.75, 3.05) is 4.90 Å². The monoisotopic (exact) mass is 725 g/mol. The van der Waals surface area contributed by atoms with Crippen LogP contribution in [-0.4, -0.2) is 0 Å². The van der Waals surface area contributed by atoms with Crippen molar-refractivity contribution in [2.24, 2.45) is 0 Å². The number of rotatable bonds is 8. The number of anilines is 3. The quantitative estimate of drug-likeness (QED) is 0.151. The molecule has 0 heterocycles. The number of nitrogens with zero attached hydrogens (tertiary/aromatic N) is 1. The fourth-order valence-electron chi connectivity index (χ4n) is 8.24. The second-order valence-electron chi connectivity index (χ2n) is 14.5. The van der Waals surface area contributed by atoms with Crippen molar-refractivity contribution in [3.05, 3.63) is 237 Å². The molecule has 0 bridgehead atoms. The first kappa shape index (κ1) is 34.0. The van der Waals surface area contributed by atoms with E-state index in [0.29, 0.717) is 0 Å². The van der Waals surface area contributed by atoms with Crippen LogP contribution in [0.5, 0.6) is 0 Å². The fourth-order valence-corrected chi connectivity index (χ4v) is 8.24. The topological polar surface area (TPSA) is 3.24 Å². The molecule has 10 aromatic rings. The molecule has 0 aromatic heterocycles. The van der Waals surface area contributed by atoms with E-state index in [-0.39, 0.29) is 0 Å². The molecule has 0 fully saturated rings. The van der Waals surface area contributed by atoms with Gasteiger partial charge in [0.15, 0.2) is 0 Å². The van der Waals surface area contributed by atoms with Crippen LogP contribution >= 0.6 is 0 Å². The van der Waals surface area contributed by atoms with Crippen LogP contribution < -0.4 is 4.90 Å². The van der Waals surface area contributed by atoms with Gasteiger partial charge in [0.25, 0.3) is 0 Å². The summed E-state index contributed by atoms with van der Waals surface area (Å²) in [7, 11) is 0. The smallest absolute Gasteiger partial charge is 0.0467 e. The standard InChI is InChI=1S/C56H39N/c1-3-13-40(14-4-1)41-25-27-42(28-26-41)43-29-34-49(35-30-43)57(51-21-11-20-48(39-51)53-24-12-19-44-15-7-9-22-52(44)53)50-36-31-46(32-37-50)55-38-33-45-16-8-10-23-54(45)56(55)47-17-5-2-6-18-47/h1-39H. The van der Waals surface area contributed by atoms with Gasteiger partial charge >= 0.3 is 0 Å². The Morgan fingerprint density at radius 3 is 1.33 bits per heavy atom. The lowest BCUT2D eigenvalue weighted by atomic mass is 9.90. The number of hydrogen-bond acceptors (Lipinski definition) is 1. The number of benzene rings is 10. The highest BCUT2D eigenvalue weighted by molar-refractivity contribution is 6.04. The molecule has 1 nitrogen and oxygen atoms in total. The predicted octanol–water partition coefficient (Wildman–Crippen LogP) is 15.8. The highest BCUT2D eigenvalue weighted by atomic mass is 15.1. The second kappa shape index (κ2) is 15.0. The summed E-state index contributed by atoms with van der Waals surface area (Å²) in [6.45, 7) is 0. The minimum atomic E-state index is 1.09. The molecule has 0 atom stereocenters. The van der Waals surface area contributed by atoms with E-state index in [1.807, 2.05) is 0 Å². The molecule has 10 aromatic carbocycles. The van der Waals surface area contributed by atoms with Gasteiger partial charge in [-0.2, -0.15) is 0 Å². The van der Waals surface area contributed by atoms with Gasteiger partial charge in [0, 0.05) is 17.1 Å². The van der Waals surface area contributed by atoms with Crippen molar-refractivity contribution in [2.45, 2.75) is 0 Å². The molecule has 0 saturated carbocycles. The van der Waals surface area contributed by atoms with E-state index >= 15 is 0 Å². The Hall–Kier alpha value is -7.48. The van der Waals surface area contributed by atoms with E-state index in [0.717, 1.165) is 17.1 Å². The van der Waals surface area contributed by atoms with Gasteiger partial charge in [-0.15, -0.1) is 0 Å². The zero-order valence-corrected chi connectivity index (χ0v) is 31.5. The first-order chi connectivity index (χ1) is 28.3. The maximum absolute atomic E-state index is 2.37. The molecule has 0 amide bonds. The van der Waals surface area contributed by atoms with Crippen LogP contribution in [0.15, 0.2) is 237 Å². The summed E-state index contributed by atoms with van der Waals surface area (Å²) < 4.78 is 0. The summed E-state index contributed by atoms with van der Waals surface area (Å²) in [4.78, 5) is 2.37. The van der Waals surface area contributed by atoms with Crippen LogP contribution in [0.2, 0.25) is 0 Å². The summed E-state index contributed by atoms with van der Waals surface area (Å²) in [6, 6.07) is 85.6. The summed E-state index contributed by atoms with van der Waals surface area (Å²) in [6.07, 6.45) is 0. The summed E-state index contributed by atoms with van der Waals surface area (Å²) in [5, 5.41) is 4.99. The Morgan fingerprint density at radius 1 is 0.228 bits per heavy atom. The highest BCUT2D eigenvalue weighted by Gasteiger charge is 2.17. The fraction of sp³-hybridized carbons (Fsp3) is 0. The van der Waals surface area contributed by atoms with Crippen molar-refractivity contribution in [1.82, 2.24) is 0 Å². The first-order valence-corrected chi connectivity index (χ1v) is 19.6. The van der Waals surface area contributed by atoms with Gasteiger partial charge in [0.05, 0.1) is 0 Å². The molecule has 0 spiro atoms. The van der Waals surface area contributed by atoms with Gasteiger partial charge in [0.2, 0.25) is 0 Å². The third-order valence-electron chi connectivity index (χ3n) is 11.1. The van der Waals surface area contributed by atoms with Crippen LogP contribution in [-0.2, 0) is 0 Å². The van der Waals surface area contributed by atoms with Gasteiger partial charge in [-0.1, -0.05) is 200 Å². The van der Waals surface area contributed by atoms with Crippen molar-refractivity contribution >= 4 is 38.6 Å². The lowest BCUT2D eigenvalue weighted by Crippen LogP contribution is -2.10. The molecular weight excluding hydrogens is 687 g/mol. The van der Waals surface area contributed by atoms with Gasteiger partial charge < -0.3 is 4.90 Å². The van der Waals surface area contributed by atoms with Crippen molar-refractivity contribution in [3.63, 3.8) is 0 Å². The van der Waals surface area contributed by atoms with Crippen molar-refractivity contribution < 1.29 is 0 Å². The molecule has 0 radical (unpaired) electrons. The zero-order chi connectivity index (χ0) is 38.0. The largest absolute Gasteiger partial charge is 0.310 e. The summed E-state index contributed by atoms with van der Waals surface area (Å²) in [5.41, 5.74) is 15.4. The number of fused-ring (bicyclic) bond motifs is 2. The normalized spacial score (nSPS) is 11.2. The van der Waals surface area contributed by atoms with Crippen molar-refractivity contribution in [1.29, 1.82) is 0 Å². The van der Waals surface area contributed by atoms with Gasteiger partial charge in [-0.05, 0) is 114 Å². The Morgan fingerprint density at radius 2 is 0.684 bits per heavy atom. The molecule has 57 heavy (non-hydrogen) atoms. The summed E-state index contributed by atoms with van der Waals surface area (Å²) in [5.74, 6) is 0. The van der Waals surface area contributed by atoms with Crippen LogP contribution in [0.1, 0.15) is 0 Å². The van der Waals surface area contributed by atoms with Gasteiger partial charge in [-0.25, -0.2) is 0 Å². The molecule has 0 aliphatic carbocycles. The minimum Gasteiger partial charge on any atom is -0.310 e. The predicted molar refractivity (Wildman–Crippen MR) is 243 cm³/mol. The molecule has 10 rings (SSSR count). The molecule has 268 valence electrons. The Balaban J connectivity index is 1.06. The third-order valence-corrected chi connectivity index (χ3v) is 11.1. The average molecular weight is 726 g/mol. The first-order valence-electron chi connectivity index (χ1n) is 19.6. The third kappa shape index (κ3) is 6.66. The lowest BCUT2D eigenvalue weighted by Gasteiger charge is -2.27. The van der Waals surface area contributed by atoms with E-state index in [9.17, 15) is 0 Å². The minimum absolute atomic E-state index is 1.09. The molecular formula is C56H39N. The Bertz CT molecular complexity index is 2960. The van der Waals surface area contributed by atoms with Crippen molar-refractivity contribution in [3.8, 4) is 55.6 Å². The van der Waals surface area contributed by atoms with E-state index in [4.69, 9.17) is 0 Å². The molecule has 1 heteroatoms. The SMILES string of the molecule is c1ccc(-c2ccc(-c3ccc(N(c4ccc(-c5ccc6ccccc6c5-c5ccccc5)cc4)c4cccc(-c5cccc6ccccc56)c4)cc3)cc2)cc1. The maximum atomic E-state index is 2.37. The second-order valence-corrected chi connectivity index (χ2v) is 14.5. The van der Waals surface area contributed by atoms with Gasteiger partial charge in [0.1, 0.15) is 0 Å². The van der Waals surface area contributed by atoms with E-state index in [2.05, 4.69) is 241 Å². The molecule has 0 aliphatic rings. The molecule has 0 aliphatic heterocycles. The Labute approximate surface area is 334 Å². The highest BCUT2D eigenvalue weighted by Crippen LogP contribution is 2.42. The molecule has 0 unspecified atom stereocenters. The van der Waals surface area contributed by atoms with Crippen LogP contribution in [0, 0.1) is 0 Å². The lowest BCUT2D eigenvalue weighted by molar-refractivity contribution is 1.28. The van der Waals surface area contributed by atoms with E-state index < -0.39 is 0 Å². The molecule has 0 N–H and O–H groups in total. The van der Waals surface area contributed by atoms with E-state index in [1.54, 1.807) is 0 Å². The average Bonchev–Trinajstić information content (AvgIpc) is 3.30. The van der Waals surface area contributed by atoms with Gasteiger partial charge in [-0.3, -0.25) is 0 Å². The van der Waals surface area contributed by atoms with E-state index in [1.165, 1.54) is 77.2 Å². The van der Waals surface area contributed by atoms with Crippen LogP contribution in [0.25, 0.3) is 77.2 Å². The van der Waals surface area contributed by atoms with Crippen LogP contribution in [0.4, 0.5) is 17.1 Å². The zero-order valence-electron chi connectivity index (χ0n) is 31.5.